The fraction of sp³-hybridized carbons (Fsp3) is 0.800. The zero-order chi connectivity index (χ0) is 7.90. The monoisotopic (exact) mass is 151 g/mol. The number of likely N-dealkylation sites (N-methyl/N-ethyl adjacent to an activating group) is 1. The molecule has 11 heavy (non-hydrogen) atoms. The Morgan fingerprint density at radius 3 is 2.64 bits per heavy atom. The summed E-state index contributed by atoms with van der Waals surface area (Å²) < 4.78 is 0. The molecule has 0 aliphatic heterocycles. The van der Waals surface area contributed by atoms with Gasteiger partial charge in [0, 0.05) is 5.54 Å². The molecule has 2 aliphatic carbocycles. The molecule has 3 atom stereocenters. The lowest BCUT2D eigenvalue weighted by atomic mass is 9.81. The van der Waals surface area contributed by atoms with Gasteiger partial charge in [-0.05, 0) is 38.1 Å². The average Bonchev–Trinajstić information content (AvgIpc) is 2.62. The van der Waals surface area contributed by atoms with Gasteiger partial charge >= 0.3 is 0 Å². The van der Waals surface area contributed by atoms with Gasteiger partial charge in [-0.25, -0.2) is 0 Å². The van der Waals surface area contributed by atoms with Crippen molar-refractivity contribution in [1.29, 1.82) is 0 Å². The van der Waals surface area contributed by atoms with Gasteiger partial charge < -0.3 is 5.32 Å². The third-order valence-electron chi connectivity index (χ3n) is 3.73. The van der Waals surface area contributed by atoms with E-state index in [1.54, 1.807) is 0 Å². The summed E-state index contributed by atoms with van der Waals surface area (Å²) in [7, 11) is 2.07. The molecule has 0 heterocycles. The van der Waals surface area contributed by atoms with E-state index in [-0.39, 0.29) is 0 Å². The Hall–Kier alpha value is -0.300. The molecule has 3 unspecified atom stereocenters. The molecule has 0 saturated heterocycles. The van der Waals surface area contributed by atoms with Gasteiger partial charge in [0.25, 0.3) is 0 Å². The van der Waals surface area contributed by atoms with Crippen LogP contribution in [0.15, 0.2) is 12.7 Å². The molecular weight excluding hydrogens is 134 g/mol. The Labute approximate surface area is 68.9 Å². The van der Waals surface area contributed by atoms with Gasteiger partial charge in [0.1, 0.15) is 0 Å². The van der Waals surface area contributed by atoms with Gasteiger partial charge in [0.15, 0.2) is 0 Å². The maximum atomic E-state index is 3.94. The maximum Gasteiger partial charge on any atom is 0.0390 e. The van der Waals surface area contributed by atoms with Crippen molar-refractivity contribution in [3.8, 4) is 0 Å². The molecule has 1 nitrogen and oxygen atoms in total. The van der Waals surface area contributed by atoms with Crippen LogP contribution < -0.4 is 5.32 Å². The highest BCUT2D eigenvalue weighted by Gasteiger charge is 2.47. The van der Waals surface area contributed by atoms with Crippen LogP contribution >= 0.6 is 0 Å². The molecule has 2 rings (SSSR count). The number of nitrogens with one attached hydrogen (secondary N) is 1. The zero-order valence-electron chi connectivity index (χ0n) is 7.27. The third kappa shape index (κ3) is 0.871. The smallest absolute Gasteiger partial charge is 0.0390 e. The summed E-state index contributed by atoms with van der Waals surface area (Å²) in [6.07, 6.45) is 7.78. The zero-order valence-corrected chi connectivity index (χ0v) is 7.27. The topological polar surface area (TPSA) is 12.0 Å². The molecular formula is C10H17N. The minimum atomic E-state index is 0.308. The summed E-state index contributed by atoms with van der Waals surface area (Å²) in [5.74, 6) is 1.88. The van der Waals surface area contributed by atoms with Gasteiger partial charge in [0.2, 0.25) is 0 Å². The molecule has 2 bridgehead atoms. The first-order valence-corrected chi connectivity index (χ1v) is 4.63. The van der Waals surface area contributed by atoms with Crippen LogP contribution in [-0.2, 0) is 0 Å². The highest BCUT2D eigenvalue weighted by molar-refractivity contribution is 5.14. The fourth-order valence-corrected chi connectivity index (χ4v) is 3.03. The highest BCUT2D eigenvalue weighted by Crippen LogP contribution is 2.50. The molecule has 2 saturated carbocycles. The van der Waals surface area contributed by atoms with Gasteiger partial charge in [-0.3, -0.25) is 0 Å². The minimum Gasteiger partial charge on any atom is -0.311 e. The largest absolute Gasteiger partial charge is 0.311 e. The summed E-state index contributed by atoms with van der Waals surface area (Å²) >= 11 is 0. The molecule has 2 fully saturated rings. The van der Waals surface area contributed by atoms with Crippen molar-refractivity contribution in [1.82, 2.24) is 5.32 Å². The molecule has 1 heteroatoms. The Bertz CT molecular complexity index is 176. The predicted octanol–water partition coefficient (Wildman–Crippen LogP) is 1.95. The van der Waals surface area contributed by atoms with Crippen LogP contribution in [0.5, 0.6) is 0 Å². The van der Waals surface area contributed by atoms with E-state index >= 15 is 0 Å². The quantitative estimate of drug-likeness (QED) is 0.595. The average molecular weight is 151 g/mol. The van der Waals surface area contributed by atoms with Crippen molar-refractivity contribution >= 4 is 0 Å². The maximum absolute atomic E-state index is 3.94. The molecule has 1 N–H and O–H groups in total. The number of fused-ring (bicyclic) bond motifs is 2. The Balaban J connectivity index is 2.20. The summed E-state index contributed by atoms with van der Waals surface area (Å²) in [5.41, 5.74) is 0.308. The van der Waals surface area contributed by atoms with E-state index in [0.29, 0.717) is 5.54 Å². The van der Waals surface area contributed by atoms with Crippen LogP contribution in [0, 0.1) is 11.8 Å². The second kappa shape index (κ2) is 2.34. The Kier molecular flexibility index (Phi) is 1.57. The second-order valence-corrected chi connectivity index (χ2v) is 4.07. The van der Waals surface area contributed by atoms with E-state index in [9.17, 15) is 0 Å². The van der Waals surface area contributed by atoms with E-state index < -0.39 is 0 Å². The third-order valence-corrected chi connectivity index (χ3v) is 3.73. The Morgan fingerprint density at radius 1 is 1.55 bits per heavy atom. The van der Waals surface area contributed by atoms with Crippen molar-refractivity contribution in [3.63, 3.8) is 0 Å². The van der Waals surface area contributed by atoms with Gasteiger partial charge in [-0.2, -0.15) is 0 Å². The van der Waals surface area contributed by atoms with Crippen molar-refractivity contribution in [3.05, 3.63) is 12.7 Å². The molecule has 2 aliphatic rings. The Morgan fingerprint density at radius 2 is 2.36 bits per heavy atom. The van der Waals surface area contributed by atoms with Crippen LogP contribution in [0.4, 0.5) is 0 Å². The summed E-state index contributed by atoms with van der Waals surface area (Å²) in [5, 5.41) is 3.44. The molecule has 0 aromatic heterocycles. The lowest BCUT2D eigenvalue weighted by Crippen LogP contribution is -2.45. The standard InChI is InChI=1S/C10H17N/c1-3-10(11-2)7-8-4-5-9(10)6-8/h3,8-9,11H,1,4-7H2,2H3. The minimum absolute atomic E-state index is 0.308. The van der Waals surface area contributed by atoms with Crippen molar-refractivity contribution in [2.75, 3.05) is 7.05 Å². The molecule has 0 aromatic rings. The van der Waals surface area contributed by atoms with Crippen LogP contribution in [0.25, 0.3) is 0 Å². The number of hydrogen-bond donors (Lipinski definition) is 1. The van der Waals surface area contributed by atoms with Gasteiger partial charge in [0.05, 0.1) is 0 Å². The summed E-state index contributed by atoms with van der Waals surface area (Å²) in [4.78, 5) is 0. The van der Waals surface area contributed by atoms with Crippen molar-refractivity contribution in [2.45, 2.75) is 31.2 Å². The van der Waals surface area contributed by atoms with Crippen LogP contribution in [-0.4, -0.2) is 12.6 Å². The normalized spacial score (nSPS) is 48.1. The van der Waals surface area contributed by atoms with Crippen LogP contribution in [0.3, 0.4) is 0 Å². The number of hydrogen-bond acceptors (Lipinski definition) is 1. The molecule has 0 aromatic carbocycles. The SMILES string of the molecule is C=CC1(NC)CC2CCC1C2. The van der Waals surface area contributed by atoms with Gasteiger partial charge in [-0.15, -0.1) is 6.58 Å². The van der Waals surface area contributed by atoms with Crippen molar-refractivity contribution in [2.24, 2.45) is 11.8 Å². The van der Waals surface area contributed by atoms with E-state index in [1.165, 1.54) is 25.7 Å². The fourth-order valence-electron chi connectivity index (χ4n) is 3.03. The highest BCUT2D eigenvalue weighted by atomic mass is 15.0. The summed E-state index contributed by atoms with van der Waals surface area (Å²) in [6.45, 7) is 3.94. The molecule has 0 amide bonds. The van der Waals surface area contributed by atoms with Crippen molar-refractivity contribution < 1.29 is 0 Å². The first-order chi connectivity index (χ1) is 5.30. The lowest BCUT2D eigenvalue weighted by molar-refractivity contribution is 0.284. The van der Waals surface area contributed by atoms with E-state index in [1.807, 2.05) is 0 Å². The first kappa shape index (κ1) is 7.35. The van der Waals surface area contributed by atoms with Gasteiger partial charge in [-0.1, -0.05) is 12.5 Å². The van der Waals surface area contributed by atoms with E-state index in [2.05, 4.69) is 25.0 Å². The lowest BCUT2D eigenvalue weighted by Gasteiger charge is -2.34. The van der Waals surface area contributed by atoms with Crippen LogP contribution in [0.2, 0.25) is 0 Å². The molecule has 0 spiro atoms. The molecule has 0 radical (unpaired) electrons. The van der Waals surface area contributed by atoms with Crippen LogP contribution in [0.1, 0.15) is 25.7 Å². The predicted molar refractivity (Wildman–Crippen MR) is 47.4 cm³/mol. The number of rotatable bonds is 2. The molecule has 62 valence electrons. The van der Waals surface area contributed by atoms with E-state index in [0.717, 1.165) is 11.8 Å². The van der Waals surface area contributed by atoms with E-state index in [4.69, 9.17) is 0 Å². The summed E-state index contributed by atoms with van der Waals surface area (Å²) in [6, 6.07) is 0. The second-order valence-electron chi connectivity index (χ2n) is 4.07. The first-order valence-electron chi connectivity index (χ1n) is 4.63.